The summed E-state index contributed by atoms with van der Waals surface area (Å²) in [7, 11) is 6.83. The first-order chi connectivity index (χ1) is 16.3. The van der Waals surface area contributed by atoms with Gasteiger partial charge in [-0.3, -0.25) is 9.59 Å². The second kappa shape index (κ2) is 9.27. The molecule has 0 radical (unpaired) electrons. The van der Waals surface area contributed by atoms with Crippen LogP contribution in [0.1, 0.15) is 5.56 Å². The number of imide groups is 1. The van der Waals surface area contributed by atoms with Crippen LogP contribution in [-0.2, 0) is 9.59 Å². The second-order valence-electron chi connectivity index (χ2n) is 7.78. The zero-order valence-electron chi connectivity index (χ0n) is 19.3. The maximum Gasteiger partial charge on any atom is 0.282 e. The molecule has 1 N–H and O–H groups in total. The summed E-state index contributed by atoms with van der Waals surface area (Å²) < 4.78 is 25.2. The predicted octanol–water partition coefficient (Wildman–Crippen LogP) is 4.31. The summed E-state index contributed by atoms with van der Waals surface area (Å²) >= 11 is 0. The van der Waals surface area contributed by atoms with E-state index in [9.17, 15) is 14.0 Å². The lowest BCUT2D eigenvalue weighted by Crippen LogP contribution is -2.33. The Kier molecular flexibility index (Phi) is 6.23. The third-order valence-electron chi connectivity index (χ3n) is 5.50. The number of halogens is 1. The van der Waals surface area contributed by atoms with Crippen molar-refractivity contribution in [1.29, 1.82) is 0 Å². The van der Waals surface area contributed by atoms with Gasteiger partial charge in [-0.25, -0.2) is 9.29 Å². The Morgan fingerprint density at radius 1 is 0.853 bits per heavy atom. The van der Waals surface area contributed by atoms with Gasteiger partial charge in [0.05, 0.1) is 25.5 Å². The smallest absolute Gasteiger partial charge is 0.282 e. The molecule has 0 fully saturated rings. The highest BCUT2D eigenvalue weighted by Gasteiger charge is 2.41. The van der Waals surface area contributed by atoms with Gasteiger partial charge in [-0.05, 0) is 54.1 Å². The molecule has 4 rings (SSSR count). The molecule has 1 aliphatic rings. The predicted molar refractivity (Wildman–Crippen MR) is 130 cm³/mol. The molecule has 174 valence electrons. The largest absolute Gasteiger partial charge is 0.493 e. The van der Waals surface area contributed by atoms with Crippen molar-refractivity contribution in [3.8, 4) is 11.5 Å². The van der Waals surface area contributed by atoms with Gasteiger partial charge in [-0.1, -0.05) is 18.2 Å². The summed E-state index contributed by atoms with van der Waals surface area (Å²) in [5.74, 6) is -1.10. The molecular formula is C26H24FN3O4. The lowest BCUT2D eigenvalue weighted by Gasteiger charge is -2.16. The van der Waals surface area contributed by atoms with E-state index in [1.54, 1.807) is 36.4 Å². The van der Waals surface area contributed by atoms with E-state index >= 15 is 0 Å². The van der Waals surface area contributed by atoms with E-state index in [0.717, 1.165) is 10.6 Å². The summed E-state index contributed by atoms with van der Waals surface area (Å²) in [5.41, 5.74) is 2.04. The van der Waals surface area contributed by atoms with Crippen molar-refractivity contribution >= 4 is 34.4 Å². The maximum atomic E-state index is 14.6. The number of hydrogen-bond acceptors (Lipinski definition) is 6. The lowest BCUT2D eigenvalue weighted by atomic mass is 10.0. The fraction of sp³-hybridized carbons (Fsp3) is 0.154. The number of carbonyl (C=O) groups excluding carboxylic acids is 2. The number of nitrogens with zero attached hydrogens (tertiary/aromatic N) is 2. The van der Waals surface area contributed by atoms with Crippen LogP contribution in [0.25, 0.3) is 5.57 Å². The quantitative estimate of drug-likeness (QED) is 0.529. The lowest BCUT2D eigenvalue weighted by molar-refractivity contribution is -0.120. The van der Waals surface area contributed by atoms with Crippen LogP contribution in [0, 0.1) is 5.82 Å². The molecule has 3 aromatic carbocycles. The molecule has 0 unspecified atom stereocenters. The minimum Gasteiger partial charge on any atom is -0.493 e. The minimum absolute atomic E-state index is 0.0399. The van der Waals surface area contributed by atoms with Crippen LogP contribution in [-0.4, -0.2) is 40.1 Å². The van der Waals surface area contributed by atoms with Crippen molar-refractivity contribution in [1.82, 2.24) is 0 Å². The summed E-state index contributed by atoms with van der Waals surface area (Å²) in [6.45, 7) is 0. The molecule has 3 aromatic rings. The molecule has 2 amide bonds. The minimum atomic E-state index is -0.674. The van der Waals surface area contributed by atoms with Gasteiger partial charge < -0.3 is 19.7 Å². The van der Waals surface area contributed by atoms with E-state index in [-0.39, 0.29) is 17.0 Å². The van der Waals surface area contributed by atoms with Crippen molar-refractivity contribution in [2.75, 3.05) is 43.4 Å². The molecule has 0 bridgehead atoms. The number of benzene rings is 3. The molecule has 7 nitrogen and oxygen atoms in total. The monoisotopic (exact) mass is 461 g/mol. The Bertz CT molecular complexity index is 1290. The number of para-hydroxylation sites is 1. The molecule has 0 saturated heterocycles. The Balaban J connectivity index is 1.83. The van der Waals surface area contributed by atoms with Gasteiger partial charge in [0.2, 0.25) is 0 Å². The molecular weight excluding hydrogens is 437 g/mol. The SMILES string of the molecule is COc1ccc(C2=C(Nc3ccc(N(C)C)cc3)C(=O)N(c3ccccc3F)C2=O)cc1OC. The van der Waals surface area contributed by atoms with E-state index in [1.807, 2.05) is 31.1 Å². The van der Waals surface area contributed by atoms with Gasteiger partial charge in [0, 0.05) is 25.5 Å². The molecule has 0 spiro atoms. The van der Waals surface area contributed by atoms with Crippen LogP contribution in [0.3, 0.4) is 0 Å². The molecule has 0 aromatic heterocycles. The molecule has 0 saturated carbocycles. The Labute approximate surface area is 197 Å². The highest BCUT2D eigenvalue weighted by atomic mass is 19.1. The van der Waals surface area contributed by atoms with Crippen molar-refractivity contribution in [3.63, 3.8) is 0 Å². The number of hydrogen-bond donors (Lipinski definition) is 1. The van der Waals surface area contributed by atoms with Crippen molar-refractivity contribution in [2.24, 2.45) is 0 Å². The zero-order valence-corrected chi connectivity index (χ0v) is 19.3. The van der Waals surface area contributed by atoms with Gasteiger partial charge in [-0.15, -0.1) is 0 Å². The molecule has 1 heterocycles. The second-order valence-corrected chi connectivity index (χ2v) is 7.78. The van der Waals surface area contributed by atoms with Gasteiger partial charge in [-0.2, -0.15) is 0 Å². The van der Waals surface area contributed by atoms with Gasteiger partial charge >= 0.3 is 0 Å². The summed E-state index contributed by atoms with van der Waals surface area (Å²) in [5, 5.41) is 3.08. The van der Waals surface area contributed by atoms with Crippen LogP contribution in [0.5, 0.6) is 11.5 Å². The number of anilines is 3. The van der Waals surface area contributed by atoms with Crippen LogP contribution in [0.15, 0.2) is 72.4 Å². The van der Waals surface area contributed by atoms with Crippen LogP contribution in [0.2, 0.25) is 0 Å². The fourth-order valence-electron chi connectivity index (χ4n) is 3.74. The van der Waals surface area contributed by atoms with Crippen LogP contribution < -0.4 is 24.6 Å². The topological polar surface area (TPSA) is 71.1 Å². The van der Waals surface area contributed by atoms with Gasteiger partial charge in [0.15, 0.2) is 11.5 Å². The average Bonchev–Trinajstić information content (AvgIpc) is 3.08. The third kappa shape index (κ3) is 4.05. The first kappa shape index (κ1) is 22.8. The van der Waals surface area contributed by atoms with E-state index < -0.39 is 17.6 Å². The maximum absolute atomic E-state index is 14.6. The molecule has 1 aliphatic heterocycles. The van der Waals surface area contributed by atoms with Crippen LogP contribution in [0.4, 0.5) is 21.5 Å². The Morgan fingerprint density at radius 3 is 2.15 bits per heavy atom. The number of amides is 2. The number of rotatable bonds is 7. The fourth-order valence-corrected chi connectivity index (χ4v) is 3.74. The van der Waals surface area contributed by atoms with E-state index in [1.165, 1.54) is 32.4 Å². The molecule has 0 aliphatic carbocycles. The van der Waals surface area contributed by atoms with E-state index in [2.05, 4.69) is 5.32 Å². The van der Waals surface area contributed by atoms with Crippen molar-refractivity contribution < 1.29 is 23.5 Å². The van der Waals surface area contributed by atoms with Crippen LogP contribution >= 0.6 is 0 Å². The third-order valence-corrected chi connectivity index (χ3v) is 5.50. The van der Waals surface area contributed by atoms with Crippen molar-refractivity contribution in [2.45, 2.75) is 0 Å². The first-order valence-corrected chi connectivity index (χ1v) is 10.5. The zero-order chi connectivity index (χ0) is 24.4. The van der Waals surface area contributed by atoms with Gasteiger partial charge in [0.25, 0.3) is 11.8 Å². The summed E-state index contributed by atoms with van der Waals surface area (Å²) in [4.78, 5) is 29.8. The van der Waals surface area contributed by atoms with E-state index in [0.29, 0.717) is 22.7 Å². The molecule has 0 atom stereocenters. The number of methoxy groups -OCH3 is 2. The highest BCUT2D eigenvalue weighted by molar-refractivity contribution is 6.46. The average molecular weight is 461 g/mol. The normalized spacial score (nSPS) is 13.4. The Morgan fingerprint density at radius 2 is 1.53 bits per heavy atom. The summed E-state index contributed by atoms with van der Waals surface area (Å²) in [6.07, 6.45) is 0. The molecule has 8 heteroatoms. The first-order valence-electron chi connectivity index (χ1n) is 10.5. The highest BCUT2D eigenvalue weighted by Crippen LogP contribution is 2.38. The summed E-state index contributed by atoms with van der Waals surface area (Å²) in [6, 6.07) is 18.0. The molecule has 34 heavy (non-hydrogen) atoms. The Hall–Kier alpha value is -4.33. The number of ether oxygens (including phenoxy) is 2. The van der Waals surface area contributed by atoms with Crippen molar-refractivity contribution in [3.05, 3.63) is 83.8 Å². The van der Waals surface area contributed by atoms with E-state index in [4.69, 9.17) is 9.47 Å². The number of nitrogens with one attached hydrogen (secondary N) is 1. The van der Waals surface area contributed by atoms with Gasteiger partial charge in [0.1, 0.15) is 11.5 Å². The standard InChI is InChI=1S/C26H24FN3O4/c1-29(2)18-12-10-17(11-13-18)28-24-23(16-9-14-21(33-3)22(15-16)34-4)25(31)30(26(24)32)20-8-6-5-7-19(20)27/h5-15,28H,1-4H3. The number of carbonyl (C=O) groups is 2.